The number of aromatic nitrogens is 2. The Bertz CT molecular complexity index is 431. The number of amides is 1. The number of nitrogens with zero attached hydrogens (tertiary/aromatic N) is 2. The predicted octanol–water partition coefficient (Wildman–Crippen LogP) is 2.02. The van der Waals surface area contributed by atoms with Crippen LogP contribution in [0.4, 0.5) is 19.0 Å². The molecule has 0 saturated carbocycles. The maximum atomic E-state index is 12.3. The third kappa shape index (κ3) is 2.38. The highest BCUT2D eigenvalue weighted by atomic mass is 35.5. The van der Waals surface area contributed by atoms with Crippen molar-refractivity contribution in [2.45, 2.75) is 12.6 Å². The fraction of sp³-hybridized carbons (Fsp3) is 0.556. The van der Waals surface area contributed by atoms with Crippen LogP contribution in [0, 0.1) is 5.92 Å². The van der Waals surface area contributed by atoms with Crippen molar-refractivity contribution in [3.05, 3.63) is 11.8 Å². The zero-order chi connectivity index (χ0) is 12.6. The first-order chi connectivity index (χ1) is 7.91. The van der Waals surface area contributed by atoms with E-state index in [1.807, 2.05) is 5.10 Å². The maximum Gasteiger partial charge on any atom is 0.432 e. The average molecular weight is 268 g/mol. The van der Waals surface area contributed by atoms with Crippen LogP contribution < -0.4 is 4.90 Å². The minimum absolute atomic E-state index is 0.00468. The molecule has 1 aliphatic heterocycles. The van der Waals surface area contributed by atoms with Gasteiger partial charge in [0.2, 0.25) is 5.91 Å². The molecule has 2 rings (SSSR count). The highest BCUT2D eigenvalue weighted by Gasteiger charge is 2.36. The van der Waals surface area contributed by atoms with Gasteiger partial charge < -0.3 is 0 Å². The van der Waals surface area contributed by atoms with E-state index in [0.29, 0.717) is 12.4 Å². The lowest BCUT2D eigenvalue weighted by molar-refractivity contribution is -0.141. The van der Waals surface area contributed by atoms with E-state index in [4.69, 9.17) is 11.6 Å². The summed E-state index contributed by atoms with van der Waals surface area (Å²) in [4.78, 5) is 12.8. The number of carbonyl (C=O) groups excluding carboxylic acids is 1. The van der Waals surface area contributed by atoms with Crippen LogP contribution in [0.15, 0.2) is 6.07 Å². The molecule has 1 aliphatic rings. The van der Waals surface area contributed by atoms with Crippen LogP contribution in [0.1, 0.15) is 12.1 Å². The first-order valence-electron chi connectivity index (χ1n) is 4.90. The highest BCUT2D eigenvalue weighted by Crippen LogP contribution is 2.31. The quantitative estimate of drug-likeness (QED) is 0.834. The van der Waals surface area contributed by atoms with Crippen LogP contribution >= 0.6 is 11.6 Å². The molecular weight excluding hydrogens is 259 g/mol. The Morgan fingerprint density at radius 3 is 2.76 bits per heavy atom. The Balaban J connectivity index is 2.19. The predicted molar refractivity (Wildman–Crippen MR) is 54.8 cm³/mol. The second-order valence-electron chi connectivity index (χ2n) is 3.87. The number of anilines is 1. The van der Waals surface area contributed by atoms with E-state index < -0.39 is 11.9 Å². The topological polar surface area (TPSA) is 49.0 Å². The smallest absolute Gasteiger partial charge is 0.295 e. The van der Waals surface area contributed by atoms with Crippen molar-refractivity contribution >= 4 is 23.3 Å². The lowest BCUT2D eigenvalue weighted by atomic mass is 10.1. The van der Waals surface area contributed by atoms with Gasteiger partial charge in [0.05, 0.1) is 0 Å². The molecule has 1 atom stereocenters. The van der Waals surface area contributed by atoms with E-state index in [1.165, 1.54) is 4.90 Å². The number of nitrogens with one attached hydrogen (secondary N) is 1. The van der Waals surface area contributed by atoms with Gasteiger partial charge in [0.25, 0.3) is 0 Å². The molecule has 2 heterocycles. The molecule has 1 aromatic rings. The molecule has 1 unspecified atom stereocenters. The van der Waals surface area contributed by atoms with Crippen molar-refractivity contribution in [1.82, 2.24) is 10.2 Å². The molecule has 1 fully saturated rings. The zero-order valence-electron chi connectivity index (χ0n) is 8.59. The monoisotopic (exact) mass is 267 g/mol. The molecule has 0 aromatic carbocycles. The Hall–Kier alpha value is -1.24. The Morgan fingerprint density at radius 2 is 2.29 bits per heavy atom. The van der Waals surface area contributed by atoms with Crippen molar-refractivity contribution in [3.8, 4) is 0 Å². The number of alkyl halides is 4. The van der Waals surface area contributed by atoms with Gasteiger partial charge in [-0.15, -0.1) is 11.6 Å². The largest absolute Gasteiger partial charge is 0.432 e. The molecule has 1 saturated heterocycles. The molecule has 1 N–H and O–H groups in total. The number of rotatable bonds is 2. The van der Waals surface area contributed by atoms with Crippen molar-refractivity contribution in [2.24, 2.45) is 5.92 Å². The molecule has 94 valence electrons. The number of hydrogen-bond acceptors (Lipinski definition) is 2. The van der Waals surface area contributed by atoms with Crippen LogP contribution in [0.25, 0.3) is 0 Å². The normalized spacial score (nSPS) is 21.3. The summed E-state index contributed by atoms with van der Waals surface area (Å²) in [7, 11) is 0. The van der Waals surface area contributed by atoms with Gasteiger partial charge in [0, 0.05) is 24.9 Å². The summed E-state index contributed by atoms with van der Waals surface area (Å²) in [6.07, 6.45) is -4.24. The summed E-state index contributed by atoms with van der Waals surface area (Å²) in [5.41, 5.74) is -0.963. The molecule has 1 aromatic heterocycles. The first-order valence-corrected chi connectivity index (χ1v) is 5.44. The lowest BCUT2D eigenvalue weighted by Crippen LogP contribution is -2.25. The van der Waals surface area contributed by atoms with Crippen LogP contribution in [0.2, 0.25) is 0 Å². The number of H-pyrrole nitrogens is 1. The Morgan fingerprint density at radius 1 is 1.59 bits per heavy atom. The summed E-state index contributed by atoms with van der Waals surface area (Å²) < 4.78 is 37.0. The maximum absolute atomic E-state index is 12.3. The summed E-state index contributed by atoms with van der Waals surface area (Å²) in [6, 6.07) is 0.828. The van der Waals surface area contributed by atoms with E-state index in [0.717, 1.165) is 6.07 Å². The molecule has 0 spiro atoms. The van der Waals surface area contributed by atoms with E-state index in [-0.39, 0.29) is 24.1 Å². The third-order valence-electron chi connectivity index (χ3n) is 2.57. The van der Waals surface area contributed by atoms with Gasteiger partial charge in [0.1, 0.15) is 5.69 Å². The first kappa shape index (κ1) is 12.2. The van der Waals surface area contributed by atoms with Crippen LogP contribution in [0.5, 0.6) is 0 Å². The van der Waals surface area contributed by atoms with Crippen molar-refractivity contribution in [2.75, 3.05) is 17.3 Å². The molecule has 8 heteroatoms. The molecule has 0 bridgehead atoms. The van der Waals surface area contributed by atoms with E-state index in [1.54, 1.807) is 0 Å². The van der Waals surface area contributed by atoms with Crippen LogP contribution in [-0.4, -0.2) is 28.5 Å². The van der Waals surface area contributed by atoms with Gasteiger partial charge in [-0.3, -0.25) is 14.8 Å². The number of carbonyl (C=O) groups is 1. The van der Waals surface area contributed by atoms with Gasteiger partial charge in [-0.2, -0.15) is 18.3 Å². The van der Waals surface area contributed by atoms with Crippen LogP contribution in [0.3, 0.4) is 0 Å². The molecule has 1 amide bonds. The van der Waals surface area contributed by atoms with Gasteiger partial charge in [0.15, 0.2) is 5.82 Å². The van der Waals surface area contributed by atoms with E-state index in [2.05, 4.69) is 5.10 Å². The van der Waals surface area contributed by atoms with Crippen molar-refractivity contribution < 1.29 is 18.0 Å². The molecule has 0 aliphatic carbocycles. The van der Waals surface area contributed by atoms with Crippen LogP contribution in [-0.2, 0) is 11.0 Å². The minimum Gasteiger partial charge on any atom is -0.295 e. The Kier molecular flexibility index (Phi) is 3.03. The second kappa shape index (κ2) is 4.21. The number of aromatic amines is 1. The van der Waals surface area contributed by atoms with Crippen molar-refractivity contribution in [1.29, 1.82) is 0 Å². The summed E-state index contributed by atoms with van der Waals surface area (Å²) in [5.74, 6) is 0.0136. The summed E-state index contributed by atoms with van der Waals surface area (Å²) in [5, 5.41) is 5.37. The molecule has 17 heavy (non-hydrogen) atoms. The SMILES string of the molecule is O=C1CC(CCl)CN1c1cc(C(F)(F)F)[nH]n1. The minimum atomic E-state index is -4.49. The van der Waals surface area contributed by atoms with Gasteiger partial charge in [-0.05, 0) is 5.92 Å². The van der Waals surface area contributed by atoms with E-state index >= 15 is 0 Å². The highest BCUT2D eigenvalue weighted by molar-refractivity contribution is 6.18. The molecule has 0 radical (unpaired) electrons. The fourth-order valence-corrected chi connectivity index (χ4v) is 1.91. The van der Waals surface area contributed by atoms with Crippen molar-refractivity contribution in [3.63, 3.8) is 0 Å². The summed E-state index contributed by atoms with van der Waals surface area (Å²) in [6.45, 7) is 0.310. The van der Waals surface area contributed by atoms with Gasteiger partial charge in [-0.1, -0.05) is 0 Å². The summed E-state index contributed by atoms with van der Waals surface area (Å²) >= 11 is 5.62. The second-order valence-corrected chi connectivity index (χ2v) is 4.17. The lowest BCUT2D eigenvalue weighted by Gasteiger charge is -2.11. The molecular formula is C9H9ClF3N3O. The molecule has 4 nitrogen and oxygen atoms in total. The third-order valence-corrected chi connectivity index (χ3v) is 3.01. The number of hydrogen-bond donors (Lipinski definition) is 1. The van der Waals surface area contributed by atoms with Gasteiger partial charge in [-0.25, -0.2) is 0 Å². The van der Waals surface area contributed by atoms with Gasteiger partial charge >= 0.3 is 6.18 Å². The fourth-order valence-electron chi connectivity index (χ4n) is 1.70. The average Bonchev–Trinajstić information content (AvgIpc) is 2.82. The standard InChI is InChI=1S/C9H9ClF3N3O/c10-3-5-1-8(17)16(4-5)7-2-6(14-15-7)9(11,12)13/h2,5H,1,3-4H2,(H,14,15). The number of halogens is 4. The Labute approximate surface area is 99.7 Å². The van der Waals surface area contributed by atoms with E-state index in [9.17, 15) is 18.0 Å². The zero-order valence-corrected chi connectivity index (χ0v) is 9.35.